The van der Waals surface area contributed by atoms with Gasteiger partial charge in [0.1, 0.15) is 5.82 Å². The number of aromatic nitrogens is 3. The quantitative estimate of drug-likeness (QED) is 0.816. The van der Waals surface area contributed by atoms with Crippen molar-refractivity contribution >= 4 is 17.6 Å². The van der Waals surface area contributed by atoms with Crippen molar-refractivity contribution in [3.63, 3.8) is 0 Å². The standard InChI is InChI=1S/C18H24N6O2/c1-21(2)18(26)23-10-7-13(11-23)16-20-19-15-6-5-14(12-24(15)16)17(25)22-8-3-4-9-22/h5-6,12-13H,3-4,7-11H2,1-2H3/t13-/m0/s1. The van der Waals surface area contributed by atoms with Gasteiger partial charge >= 0.3 is 6.03 Å². The molecule has 3 amide bonds. The highest BCUT2D eigenvalue weighted by Crippen LogP contribution is 2.27. The third-order valence-electron chi connectivity index (χ3n) is 5.28. The smallest absolute Gasteiger partial charge is 0.319 e. The Morgan fingerprint density at radius 2 is 1.85 bits per heavy atom. The summed E-state index contributed by atoms with van der Waals surface area (Å²) in [7, 11) is 3.52. The number of rotatable bonds is 2. The number of hydrogen-bond donors (Lipinski definition) is 0. The van der Waals surface area contributed by atoms with Crippen LogP contribution in [0, 0.1) is 0 Å². The van der Waals surface area contributed by atoms with Gasteiger partial charge in [-0.1, -0.05) is 0 Å². The molecule has 0 spiro atoms. The lowest BCUT2D eigenvalue weighted by atomic mass is 10.1. The predicted octanol–water partition coefficient (Wildman–Crippen LogP) is 1.44. The maximum absolute atomic E-state index is 12.7. The number of amides is 3. The van der Waals surface area contributed by atoms with Gasteiger partial charge in [-0.15, -0.1) is 10.2 Å². The van der Waals surface area contributed by atoms with Crippen LogP contribution in [0.5, 0.6) is 0 Å². The Balaban J connectivity index is 1.59. The fourth-order valence-corrected chi connectivity index (χ4v) is 3.84. The molecule has 0 N–H and O–H groups in total. The van der Waals surface area contributed by atoms with Gasteiger partial charge in [0, 0.05) is 52.4 Å². The van der Waals surface area contributed by atoms with Gasteiger partial charge < -0.3 is 14.7 Å². The summed E-state index contributed by atoms with van der Waals surface area (Å²) < 4.78 is 1.91. The molecule has 2 aliphatic heterocycles. The average Bonchev–Trinajstić information content (AvgIpc) is 3.39. The number of likely N-dealkylation sites (tertiary alicyclic amines) is 2. The molecule has 4 rings (SSSR count). The zero-order valence-electron chi connectivity index (χ0n) is 15.3. The van der Waals surface area contributed by atoms with Crippen LogP contribution in [0.2, 0.25) is 0 Å². The Morgan fingerprint density at radius 3 is 2.58 bits per heavy atom. The van der Waals surface area contributed by atoms with E-state index in [-0.39, 0.29) is 17.9 Å². The van der Waals surface area contributed by atoms with Crippen molar-refractivity contribution in [1.82, 2.24) is 29.3 Å². The molecule has 2 aromatic heterocycles. The maximum Gasteiger partial charge on any atom is 0.319 e. The fraction of sp³-hybridized carbons (Fsp3) is 0.556. The molecule has 0 radical (unpaired) electrons. The Labute approximate surface area is 152 Å². The number of hydrogen-bond acceptors (Lipinski definition) is 4. The SMILES string of the molecule is CN(C)C(=O)N1CC[C@H](c2nnc3ccc(C(=O)N4CCCC4)cn23)C1. The van der Waals surface area contributed by atoms with Gasteiger partial charge in [-0.3, -0.25) is 9.20 Å². The van der Waals surface area contributed by atoms with E-state index in [4.69, 9.17) is 0 Å². The van der Waals surface area contributed by atoms with E-state index in [9.17, 15) is 9.59 Å². The van der Waals surface area contributed by atoms with E-state index in [1.165, 1.54) is 0 Å². The summed E-state index contributed by atoms with van der Waals surface area (Å²) in [6, 6.07) is 3.69. The lowest BCUT2D eigenvalue weighted by molar-refractivity contribution is 0.0792. The highest BCUT2D eigenvalue weighted by atomic mass is 16.2. The van der Waals surface area contributed by atoms with E-state index in [1.54, 1.807) is 19.0 Å². The minimum atomic E-state index is 0.0196. The molecule has 8 nitrogen and oxygen atoms in total. The molecule has 0 aromatic carbocycles. The highest BCUT2D eigenvalue weighted by molar-refractivity contribution is 5.94. The third-order valence-corrected chi connectivity index (χ3v) is 5.28. The van der Waals surface area contributed by atoms with Crippen molar-refractivity contribution in [2.24, 2.45) is 0 Å². The van der Waals surface area contributed by atoms with Gasteiger partial charge in [-0.05, 0) is 31.4 Å². The summed E-state index contributed by atoms with van der Waals surface area (Å²) >= 11 is 0. The van der Waals surface area contributed by atoms with Gasteiger partial charge in [0.05, 0.1) is 5.56 Å². The van der Waals surface area contributed by atoms with Crippen LogP contribution in [0.15, 0.2) is 18.3 Å². The maximum atomic E-state index is 12.7. The first-order valence-electron chi connectivity index (χ1n) is 9.15. The Kier molecular flexibility index (Phi) is 4.26. The molecule has 26 heavy (non-hydrogen) atoms. The second-order valence-corrected chi connectivity index (χ2v) is 7.31. The van der Waals surface area contributed by atoms with Crippen LogP contribution >= 0.6 is 0 Å². The molecular weight excluding hydrogens is 332 g/mol. The van der Waals surface area contributed by atoms with Crippen LogP contribution in [-0.2, 0) is 0 Å². The number of carbonyl (C=O) groups excluding carboxylic acids is 2. The van der Waals surface area contributed by atoms with Gasteiger partial charge in [-0.25, -0.2) is 4.79 Å². The van der Waals surface area contributed by atoms with Crippen molar-refractivity contribution in [1.29, 1.82) is 0 Å². The van der Waals surface area contributed by atoms with Crippen molar-refractivity contribution in [2.75, 3.05) is 40.3 Å². The zero-order chi connectivity index (χ0) is 18.3. The number of pyridine rings is 1. The van der Waals surface area contributed by atoms with E-state index < -0.39 is 0 Å². The van der Waals surface area contributed by atoms with Crippen molar-refractivity contribution in [2.45, 2.75) is 25.2 Å². The zero-order valence-corrected chi connectivity index (χ0v) is 15.3. The molecule has 0 saturated carbocycles. The second kappa shape index (κ2) is 6.59. The normalized spacial score (nSPS) is 20.2. The summed E-state index contributed by atoms with van der Waals surface area (Å²) in [5, 5.41) is 8.59. The van der Waals surface area contributed by atoms with Gasteiger partial charge in [-0.2, -0.15) is 0 Å². The fourth-order valence-electron chi connectivity index (χ4n) is 3.84. The van der Waals surface area contributed by atoms with E-state index in [0.717, 1.165) is 43.8 Å². The first kappa shape index (κ1) is 16.8. The molecule has 0 unspecified atom stereocenters. The second-order valence-electron chi connectivity index (χ2n) is 7.31. The number of urea groups is 1. The topological polar surface area (TPSA) is 74.0 Å². The van der Waals surface area contributed by atoms with E-state index in [0.29, 0.717) is 18.7 Å². The first-order chi connectivity index (χ1) is 12.5. The molecule has 0 bridgehead atoms. The van der Waals surface area contributed by atoms with Gasteiger partial charge in [0.15, 0.2) is 5.65 Å². The van der Waals surface area contributed by atoms with Crippen LogP contribution in [0.1, 0.15) is 41.4 Å². The van der Waals surface area contributed by atoms with Gasteiger partial charge in [0.25, 0.3) is 5.91 Å². The van der Waals surface area contributed by atoms with E-state index in [2.05, 4.69) is 10.2 Å². The van der Waals surface area contributed by atoms with Crippen LogP contribution in [0.3, 0.4) is 0 Å². The lowest BCUT2D eigenvalue weighted by Gasteiger charge is -2.21. The number of carbonyl (C=O) groups is 2. The summed E-state index contributed by atoms with van der Waals surface area (Å²) in [6.07, 6.45) is 4.85. The first-order valence-corrected chi connectivity index (χ1v) is 9.15. The monoisotopic (exact) mass is 356 g/mol. The summed E-state index contributed by atoms with van der Waals surface area (Å²) in [6.45, 7) is 3.00. The molecule has 2 fully saturated rings. The minimum Gasteiger partial charge on any atom is -0.339 e. The summed E-state index contributed by atoms with van der Waals surface area (Å²) in [4.78, 5) is 30.2. The third kappa shape index (κ3) is 2.89. The Bertz CT molecular complexity index is 839. The Morgan fingerprint density at radius 1 is 1.08 bits per heavy atom. The molecule has 138 valence electrons. The van der Waals surface area contributed by atoms with Crippen LogP contribution < -0.4 is 0 Å². The summed E-state index contributed by atoms with van der Waals surface area (Å²) in [5.74, 6) is 1.02. The number of fused-ring (bicyclic) bond motifs is 1. The van der Waals surface area contributed by atoms with Crippen molar-refractivity contribution in [3.8, 4) is 0 Å². The molecular formula is C18H24N6O2. The highest BCUT2D eigenvalue weighted by Gasteiger charge is 2.31. The van der Waals surface area contributed by atoms with E-state index in [1.807, 2.05) is 32.5 Å². The molecule has 4 heterocycles. The molecule has 2 aromatic rings. The number of nitrogens with zero attached hydrogens (tertiary/aromatic N) is 6. The van der Waals surface area contributed by atoms with Crippen LogP contribution in [-0.4, -0.2) is 81.5 Å². The lowest BCUT2D eigenvalue weighted by Crippen LogP contribution is -2.37. The van der Waals surface area contributed by atoms with Crippen molar-refractivity contribution in [3.05, 3.63) is 29.7 Å². The molecule has 2 aliphatic rings. The Hall–Kier alpha value is -2.64. The molecule has 8 heteroatoms. The molecule has 2 saturated heterocycles. The van der Waals surface area contributed by atoms with Crippen LogP contribution in [0.25, 0.3) is 5.65 Å². The van der Waals surface area contributed by atoms with Crippen molar-refractivity contribution < 1.29 is 9.59 Å². The largest absolute Gasteiger partial charge is 0.339 e. The molecule has 0 aliphatic carbocycles. The van der Waals surface area contributed by atoms with Gasteiger partial charge in [0.2, 0.25) is 0 Å². The minimum absolute atomic E-state index is 0.0196. The average molecular weight is 356 g/mol. The molecule has 1 atom stereocenters. The predicted molar refractivity (Wildman–Crippen MR) is 96.1 cm³/mol. The van der Waals surface area contributed by atoms with Crippen LogP contribution in [0.4, 0.5) is 4.79 Å². The summed E-state index contributed by atoms with van der Waals surface area (Å²) in [5.41, 5.74) is 1.40. The van der Waals surface area contributed by atoms with E-state index >= 15 is 0 Å².